The molecule has 0 saturated carbocycles. The molecule has 0 aliphatic carbocycles. The number of nitrogens with one attached hydrogen (secondary N) is 2. The zero-order valence-corrected chi connectivity index (χ0v) is 18.3. The number of guanidine groups is 1. The molecule has 1 saturated heterocycles. The van der Waals surface area contributed by atoms with Crippen molar-refractivity contribution in [2.45, 2.75) is 51.8 Å². The molecule has 2 heterocycles. The number of rotatable bonds is 8. The lowest BCUT2D eigenvalue weighted by molar-refractivity contribution is 0.0683. The summed E-state index contributed by atoms with van der Waals surface area (Å²) in [5.41, 5.74) is 0. The molecule has 1 unspecified atom stereocenters. The van der Waals surface area contributed by atoms with Crippen molar-refractivity contribution in [3.05, 3.63) is 11.7 Å². The summed E-state index contributed by atoms with van der Waals surface area (Å²) in [6.45, 7) is 5.85. The standard InChI is InChI=1S/C16H28F2N6O2.HI/c1-4-25-11(2)15-22-14(26-23-15)9-20-16(19-3)21-12-5-7-24(8-6-12)10-13(17)18;/h11-13H,4-10H2,1-3H3,(H2,19,20,21);1H. The van der Waals surface area contributed by atoms with Gasteiger partial charge in [0.1, 0.15) is 6.10 Å². The summed E-state index contributed by atoms with van der Waals surface area (Å²) in [5.74, 6) is 1.58. The first-order valence-electron chi connectivity index (χ1n) is 8.93. The molecule has 1 aromatic rings. The highest BCUT2D eigenvalue weighted by molar-refractivity contribution is 14.0. The van der Waals surface area contributed by atoms with E-state index in [-0.39, 0.29) is 42.7 Å². The maximum absolute atomic E-state index is 12.4. The molecule has 0 spiro atoms. The van der Waals surface area contributed by atoms with E-state index in [1.807, 2.05) is 13.8 Å². The molecule has 2 N–H and O–H groups in total. The van der Waals surface area contributed by atoms with Crippen LogP contribution in [-0.2, 0) is 11.3 Å². The molecular formula is C16H29F2IN6O2. The van der Waals surface area contributed by atoms with Crippen molar-refractivity contribution in [2.75, 3.05) is 33.3 Å². The van der Waals surface area contributed by atoms with Crippen molar-refractivity contribution in [3.63, 3.8) is 0 Å². The zero-order valence-electron chi connectivity index (χ0n) is 16.0. The summed E-state index contributed by atoms with van der Waals surface area (Å²) in [7, 11) is 1.68. The Bertz CT molecular complexity index is 567. The molecule has 8 nitrogen and oxygen atoms in total. The van der Waals surface area contributed by atoms with Crippen LogP contribution < -0.4 is 10.6 Å². The van der Waals surface area contributed by atoms with Crippen LogP contribution in [0.15, 0.2) is 9.52 Å². The summed E-state index contributed by atoms with van der Waals surface area (Å²) in [4.78, 5) is 10.3. The highest BCUT2D eigenvalue weighted by Crippen LogP contribution is 2.13. The number of piperidine rings is 1. The van der Waals surface area contributed by atoms with Gasteiger partial charge in [0.25, 0.3) is 6.43 Å². The largest absolute Gasteiger partial charge is 0.371 e. The Morgan fingerprint density at radius 2 is 2.11 bits per heavy atom. The van der Waals surface area contributed by atoms with Crippen LogP contribution in [0.4, 0.5) is 8.78 Å². The van der Waals surface area contributed by atoms with Gasteiger partial charge >= 0.3 is 0 Å². The van der Waals surface area contributed by atoms with Crippen LogP contribution in [0.2, 0.25) is 0 Å². The molecule has 0 radical (unpaired) electrons. The second-order valence-corrected chi connectivity index (χ2v) is 6.18. The first-order chi connectivity index (χ1) is 12.5. The molecular weight excluding hydrogens is 473 g/mol. The molecule has 1 aliphatic heterocycles. The first kappa shape index (κ1) is 24.0. The van der Waals surface area contributed by atoms with Gasteiger partial charge in [-0.2, -0.15) is 4.98 Å². The predicted molar refractivity (Wildman–Crippen MR) is 109 cm³/mol. The fourth-order valence-electron chi connectivity index (χ4n) is 2.83. The van der Waals surface area contributed by atoms with Gasteiger partial charge in [-0.1, -0.05) is 5.16 Å². The van der Waals surface area contributed by atoms with Crippen LogP contribution in [0.5, 0.6) is 0 Å². The van der Waals surface area contributed by atoms with Crippen molar-refractivity contribution in [1.29, 1.82) is 0 Å². The van der Waals surface area contributed by atoms with Gasteiger partial charge < -0.3 is 19.9 Å². The maximum Gasteiger partial charge on any atom is 0.251 e. The maximum atomic E-state index is 12.4. The van der Waals surface area contributed by atoms with E-state index < -0.39 is 6.43 Å². The number of hydrogen-bond donors (Lipinski definition) is 2. The molecule has 27 heavy (non-hydrogen) atoms. The molecule has 0 aromatic carbocycles. The van der Waals surface area contributed by atoms with E-state index in [4.69, 9.17) is 9.26 Å². The molecule has 0 bridgehead atoms. The fourth-order valence-corrected chi connectivity index (χ4v) is 2.83. The van der Waals surface area contributed by atoms with Gasteiger partial charge in [-0.25, -0.2) is 8.78 Å². The minimum absolute atomic E-state index is 0. The highest BCUT2D eigenvalue weighted by atomic mass is 127. The smallest absolute Gasteiger partial charge is 0.251 e. The van der Waals surface area contributed by atoms with Crippen LogP contribution in [-0.4, -0.2) is 66.8 Å². The van der Waals surface area contributed by atoms with Gasteiger partial charge in [-0.05, 0) is 26.7 Å². The highest BCUT2D eigenvalue weighted by Gasteiger charge is 2.22. The van der Waals surface area contributed by atoms with Crippen molar-refractivity contribution in [1.82, 2.24) is 25.7 Å². The summed E-state index contributed by atoms with van der Waals surface area (Å²) in [6, 6.07) is 0.200. The van der Waals surface area contributed by atoms with Crippen molar-refractivity contribution in [2.24, 2.45) is 4.99 Å². The van der Waals surface area contributed by atoms with Crippen LogP contribution in [0.25, 0.3) is 0 Å². The number of hydrogen-bond acceptors (Lipinski definition) is 6. The van der Waals surface area contributed by atoms with E-state index in [0.29, 0.717) is 43.9 Å². The summed E-state index contributed by atoms with van der Waals surface area (Å²) in [5, 5.41) is 10.3. The molecule has 156 valence electrons. The van der Waals surface area contributed by atoms with E-state index in [1.54, 1.807) is 11.9 Å². The van der Waals surface area contributed by atoms with Gasteiger partial charge in [-0.15, -0.1) is 24.0 Å². The molecule has 0 amide bonds. The average Bonchev–Trinajstić information content (AvgIpc) is 3.09. The summed E-state index contributed by atoms with van der Waals surface area (Å²) >= 11 is 0. The second kappa shape index (κ2) is 12.4. The number of alkyl halides is 2. The SMILES string of the molecule is CCOC(C)c1noc(CNC(=NC)NC2CCN(CC(F)F)CC2)n1.I. The molecule has 2 rings (SSSR count). The number of aliphatic imine (C=N–C) groups is 1. The third-order valence-corrected chi connectivity index (χ3v) is 4.22. The molecule has 1 atom stereocenters. The first-order valence-corrected chi connectivity index (χ1v) is 8.93. The number of halogens is 3. The quantitative estimate of drug-likeness (QED) is 0.320. The predicted octanol–water partition coefficient (Wildman–Crippen LogP) is 2.18. The van der Waals surface area contributed by atoms with E-state index in [0.717, 1.165) is 12.8 Å². The third kappa shape index (κ3) is 8.21. The van der Waals surface area contributed by atoms with Crippen LogP contribution in [0.1, 0.15) is 44.5 Å². The minimum atomic E-state index is -2.28. The van der Waals surface area contributed by atoms with Crippen LogP contribution >= 0.6 is 24.0 Å². The van der Waals surface area contributed by atoms with Crippen LogP contribution in [0.3, 0.4) is 0 Å². The Morgan fingerprint density at radius 3 is 2.70 bits per heavy atom. The van der Waals surface area contributed by atoms with E-state index in [2.05, 4.69) is 25.8 Å². The van der Waals surface area contributed by atoms with Gasteiger partial charge in [0.2, 0.25) is 5.89 Å². The third-order valence-electron chi connectivity index (χ3n) is 4.22. The Kier molecular flexibility index (Phi) is 11.0. The minimum Gasteiger partial charge on any atom is -0.371 e. The summed E-state index contributed by atoms with van der Waals surface area (Å²) in [6.07, 6.45) is -0.902. The lowest BCUT2D eigenvalue weighted by Crippen LogP contribution is -2.49. The lowest BCUT2D eigenvalue weighted by atomic mass is 10.1. The van der Waals surface area contributed by atoms with Gasteiger partial charge in [-0.3, -0.25) is 9.89 Å². The molecule has 1 fully saturated rings. The normalized spacial score (nSPS) is 17.6. The van der Waals surface area contributed by atoms with Crippen molar-refractivity contribution >= 4 is 29.9 Å². The molecule has 11 heteroatoms. The molecule has 1 aromatic heterocycles. The van der Waals surface area contributed by atoms with E-state index in [1.165, 1.54) is 0 Å². The Morgan fingerprint density at radius 1 is 1.41 bits per heavy atom. The second-order valence-electron chi connectivity index (χ2n) is 6.18. The number of likely N-dealkylation sites (tertiary alicyclic amines) is 1. The topological polar surface area (TPSA) is 87.8 Å². The summed E-state index contributed by atoms with van der Waals surface area (Å²) < 4.78 is 35.5. The monoisotopic (exact) mass is 502 g/mol. The van der Waals surface area contributed by atoms with E-state index >= 15 is 0 Å². The van der Waals surface area contributed by atoms with Crippen LogP contribution in [0, 0.1) is 0 Å². The van der Waals surface area contributed by atoms with Crippen molar-refractivity contribution < 1.29 is 18.0 Å². The van der Waals surface area contributed by atoms with Crippen molar-refractivity contribution in [3.8, 4) is 0 Å². The van der Waals surface area contributed by atoms with E-state index in [9.17, 15) is 8.78 Å². The Labute approximate surface area is 175 Å². The fraction of sp³-hybridized carbons (Fsp3) is 0.812. The van der Waals surface area contributed by atoms with Gasteiger partial charge in [0.15, 0.2) is 11.8 Å². The molecule has 1 aliphatic rings. The Hall–Kier alpha value is -1.08. The van der Waals surface area contributed by atoms with Gasteiger partial charge in [0, 0.05) is 32.8 Å². The zero-order chi connectivity index (χ0) is 18.9. The average molecular weight is 502 g/mol. The van der Waals surface area contributed by atoms with Gasteiger partial charge in [0.05, 0.1) is 13.1 Å². The number of ether oxygens (including phenoxy) is 1. The number of nitrogens with zero attached hydrogens (tertiary/aromatic N) is 4. The number of aromatic nitrogens is 2. The Balaban J connectivity index is 0.00000364. The lowest BCUT2D eigenvalue weighted by Gasteiger charge is -2.32.